The van der Waals surface area contributed by atoms with Crippen LogP contribution in [0.5, 0.6) is 0 Å². The molecule has 8 aliphatic rings. The first kappa shape index (κ1) is 51.9. The fourth-order valence-corrected chi connectivity index (χ4v) is 15.2. The summed E-state index contributed by atoms with van der Waals surface area (Å²) in [5, 5.41) is 130. The van der Waals surface area contributed by atoms with Gasteiger partial charge in [0.05, 0.1) is 43.5 Å². The third kappa shape index (κ3) is 7.92. The average molecular weight is 959 g/mol. The summed E-state index contributed by atoms with van der Waals surface area (Å²) in [5.41, 5.74) is -1.64. The molecule has 0 amide bonds. The average Bonchev–Trinajstić information content (AvgIpc) is 3.29. The number of carbonyl (C=O) groups is 1. The van der Waals surface area contributed by atoms with Crippen molar-refractivity contribution in [3.63, 3.8) is 0 Å². The summed E-state index contributed by atoms with van der Waals surface area (Å²) in [7, 11) is 0. The minimum atomic E-state index is -1.86. The van der Waals surface area contributed by atoms with E-state index in [-0.39, 0.29) is 52.4 Å². The number of hydrogen-bond donors (Lipinski definition) is 12. The molecule has 0 radical (unpaired) electrons. The van der Waals surface area contributed by atoms with E-state index in [4.69, 9.17) is 28.4 Å². The summed E-state index contributed by atoms with van der Waals surface area (Å²) < 4.78 is 34.7. The number of rotatable bonds is 9. The maximum absolute atomic E-state index is 15.0. The van der Waals surface area contributed by atoms with Gasteiger partial charge in [0, 0.05) is 5.41 Å². The Kier molecular flexibility index (Phi) is 14.4. The van der Waals surface area contributed by atoms with Crippen molar-refractivity contribution in [2.75, 3.05) is 19.8 Å². The summed E-state index contributed by atoms with van der Waals surface area (Å²) in [6, 6.07) is 0. The SMILES string of the molecule is CC1OC(OC2C(CO)OC(OCC3OC(OC(=O)[C@]45CC[C@@H](C)[C@H](C)[C@H]4C4=CCC6[C@@]7(C)C[C@@H](O)[C@@H](O)[C@@](C)(CO)C7CC[C@@]6(C)[C@]4(C)CC5)C(O)C(O)C3O)C(O)C2O)C(O)C(O)C1O. The first-order chi connectivity index (χ1) is 31.4. The first-order valence-corrected chi connectivity index (χ1v) is 24.5. The summed E-state index contributed by atoms with van der Waals surface area (Å²) in [5.74, 6) is -0.386. The van der Waals surface area contributed by atoms with E-state index in [9.17, 15) is 61.3 Å². The van der Waals surface area contributed by atoms with E-state index in [0.29, 0.717) is 32.1 Å². The van der Waals surface area contributed by atoms with Gasteiger partial charge >= 0.3 is 5.97 Å². The molecule has 8 rings (SSSR count). The maximum atomic E-state index is 15.0. The summed E-state index contributed by atoms with van der Waals surface area (Å²) in [6.45, 7) is 13.0. The molecule has 0 aromatic rings. The fraction of sp³-hybridized carbons (Fsp3) is 0.938. The second-order valence-electron chi connectivity index (χ2n) is 22.9. The van der Waals surface area contributed by atoms with E-state index in [2.05, 4.69) is 40.7 Å². The van der Waals surface area contributed by atoms with Crippen molar-refractivity contribution >= 4 is 5.97 Å². The van der Waals surface area contributed by atoms with Gasteiger partial charge in [0.1, 0.15) is 67.1 Å². The Morgan fingerprint density at radius 2 is 1.34 bits per heavy atom. The molecule has 0 bridgehead atoms. The van der Waals surface area contributed by atoms with E-state index in [0.717, 1.165) is 19.3 Å². The number of hydrogen-bond acceptors (Lipinski definition) is 19. The van der Waals surface area contributed by atoms with Crippen LogP contribution >= 0.6 is 0 Å². The molecule has 0 aromatic heterocycles. The Hall–Kier alpha value is -1.47. The molecule has 4 saturated carbocycles. The van der Waals surface area contributed by atoms with Crippen molar-refractivity contribution in [2.24, 2.45) is 56.7 Å². The van der Waals surface area contributed by atoms with E-state index in [1.807, 2.05) is 6.92 Å². The number of ether oxygens (including phenoxy) is 6. The minimum Gasteiger partial charge on any atom is -0.432 e. The highest BCUT2D eigenvalue weighted by Crippen LogP contribution is 2.76. The van der Waals surface area contributed by atoms with Gasteiger partial charge in [0.25, 0.3) is 0 Å². The van der Waals surface area contributed by atoms with Gasteiger partial charge in [-0.1, -0.05) is 53.2 Å². The van der Waals surface area contributed by atoms with Crippen molar-refractivity contribution < 1.29 is 94.5 Å². The molecule has 67 heavy (non-hydrogen) atoms. The van der Waals surface area contributed by atoms with Gasteiger partial charge in [-0.3, -0.25) is 4.79 Å². The molecule has 3 aliphatic heterocycles. The van der Waals surface area contributed by atoms with E-state index < -0.39 is 134 Å². The van der Waals surface area contributed by atoms with Crippen molar-refractivity contribution in [1.82, 2.24) is 0 Å². The van der Waals surface area contributed by atoms with Crippen LogP contribution in [0.3, 0.4) is 0 Å². The molecule has 5 aliphatic carbocycles. The van der Waals surface area contributed by atoms with Crippen LogP contribution in [-0.2, 0) is 33.2 Å². The Morgan fingerprint density at radius 3 is 2.01 bits per heavy atom. The second kappa shape index (κ2) is 18.5. The van der Waals surface area contributed by atoms with Crippen LogP contribution in [-0.4, -0.2) is 191 Å². The topological polar surface area (TPSA) is 315 Å². The van der Waals surface area contributed by atoms with Crippen LogP contribution in [0, 0.1) is 56.7 Å². The Balaban J connectivity index is 0.985. The molecule has 0 spiro atoms. The fourth-order valence-electron chi connectivity index (χ4n) is 15.2. The number of allylic oxidation sites excluding steroid dienone is 2. The highest BCUT2D eigenvalue weighted by molar-refractivity contribution is 5.79. The highest BCUT2D eigenvalue weighted by atomic mass is 16.8. The quantitative estimate of drug-likeness (QED) is 0.0971. The number of carbonyl (C=O) groups excluding carboxylic acids is 1. The Morgan fingerprint density at radius 1 is 0.701 bits per heavy atom. The van der Waals surface area contributed by atoms with Crippen LogP contribution in [0.4, 0.5) is 0 Å². The molecule has 19 nitrogen and oxygen atoms in total. The molecule has 27 atom stereocenters. The number of fused-ring (bicyclic) bond motifs is 7. The van der Waals surface area contributed by atoms with E-state index >= 15 is 4.79 Å². The van der Waals surface area contributed by atoms with Gasteiger partial charge in [0.15, 0.2) is 12.6 Å². The molecular weight excluding hydrogens is 881 g/mol. The zero-order valence-electron chi connectivity index (χ0n) is 39.8. The monoisotopic (exact) mass is 959 g/mol. The molecule has 384 valence electrons. The van der Waals surface area contributed by atoms with Gasteiger partial charge in [-0.15, -0.1) is 0 Å². The lowest BCUT2D eigenvalue weighted by Crippen LogP contribution is -2.68. The van der Waals surface area contributed by atoms with Gasteiger partial charge in [-0.25, -0.2) is 0 Å². The van der Waals surface area contributed by atoms with Gasteiger partial charge in [-0.2, -0.15) is 0 Å². The van der Waals surface area contributed by atoms with Crippen molar-refractivity contribution in [1.29, 1.82) is 0 Å². The van der Waals surface area contributed by atoms with Crippen molar-refractivity contribution in [3.05, 3.63) is 11.6 Å². The predicted molar refractivity (Wildman–Crippen MR) is 231 cm³/mol. The van der Waals surface area contributed by atoms with E-state index in [1.54, 1.807) is 0 Å². The second-order valence-corrected chi connectivity index (χ2v) is 22.9. The minimum absolute atomic E-state index is 0.0112. The zero-order chi connectivity index (χ0) is 49.1. The van der Waals surface area contributed by atoms with Gasteiger partial charge in [-0.05, 0) is 104 Å². The summed E-state index contributed by atoms with van der Waals surface area (Å²) >= 11 is 0. The molecular formula is C48H78O19. The number of aliphatic hydroxyl groups is 12. The number of aliphatic hydroxyl groups excluding tert-OH is 12. The lowest BCUT2D eigenvalue weighted by atomic mass is 9.33. The standard InChI is InChI=1S/C48H78O19/c1-20-10-13-48(15-14-46(6)23(29(48)21(20)2)8-9-28-44(4)16-24(51)39(60)45(5,19-50)27(44)11-12-47(28,46)7)43(61)67-42-36(58)33(55)31(53)26(65-42)18-62-40-37(59)34(56)38(25(17-49)64-40)66-41-35(57)32(54)30(52)22(3)63-41/h8,20-22,24-42,49-60H,9-19H2,1-7H3/t20-,21+,22?,24-,25?,26?,27?,28?,29+,30?,31?,32?,33?,34?,35?,36?,37?,38?,39-,40?,41?,42?,44+,45+,46-,47-,48+/m1/s1. The molecule has 12 N–H and O–H groups in total. The van der Waals surface area contributed by atoms with Crippen LogP contribution < -0.4 is 0 Å². The largest absolute Gasteiger partial charge is 0.432 e. The molecule has 3 heterocycles. The van der Waals surface area contributed by atoms with Gasteiger partial charge in [0.2, 0.25) is 6.29 Å². The lowest BCUT2D eigenvalue weighted by Gasteiger charge is -2.71. The number of esters is 1. The highest BCUT2D eigenvalue weighted by Gasteiger charge is 2.71. The third-order valence-electron chi connectivity index (χ3n) is 19.7. The van der Waals surface area contributed by atoms with Gasteiger partial charge < -0.3 is 89.7 Å². The smallest absolute Gasteiger partial charge is 0.315 e. The Labute approximate surface area is 392 Å². The molecule has 7 fully saturated rings. The first-order valence-electron chi connectivity index (χ1n) is 24.5. The van der Waals surface area contributed by atoms with Crippen molar-refractivity contribution in [3.8, 4) is 0 Å². The van der Waals surface area contributed by atoms with Crippen molar-refractivity contribution in [2.45, 2.75) is 204 Å². The molecule has 17 unspecified atom stereocenters. The lowest BCUT2D eigenvalue weighted by molar-refractivity contribution is -0.361. The summed E-state index contributed by atoms with van der Waals surface area (Å²) in [6.07, 6.45) is -18.9. The molecule has 19 heteroatoms. The molecule has 0 aromatic carbocycles. The predicted octanol–water partition coefficient (Wildman–Crippen LogP) is -1.03. The zero-order valence-corrected chi connectivity index (χ0v) is 39.8. The van der Waals surface area contributed by atoms with Crippen LogP contribution in [0.1, 0.15) is 99.8 Å². The van der Waals surface area contributed by atoms with Crippen LogP contribution in [0.15, 0.2) is 11.6 Å². The normalized spacial score (nSPS) is 56.7. The van der Waals surface area contributed by atoms with Crippen LogP contribution in [0.2, 0.25) is 0 Å². The Bertz CT molecular complexity index is 1820. The summed E-state index contributed by atoms with van der Waals surface area (Å²) in [4.78, 5) is 15.0. The third-order valence-corrected chi connectivity index (χ3v) is 19.7. The van der Waals surface area contributed by atoms with Crippen LogP contribution in [0.25, 0.3) is 0 Å². The molecule has 3 saturated heterocycles. The maximum Gasteiger partial charge on any atom is 0.315 e. The van der Waals surface area contributed by atoms with E-state index in [1.165, 1.54) is 12.5 Å².